The number of aryl methyl sites for hydroxylation is 6. The van der Waals surface area contributed by atoms with Crippen LogP contribution in [0.4, 0.5) is 0 Å². The Morgan fingerprint density at radius 3 is 1.27 bits per heavy atom. The van der Waals surface area contributed by atoms with Crippen molar-refractivity contribution in [1.82, 2.24) is 0 Å². The van der Waals surface area contributed by atoms with E-state index in [9.17, 15) is 0 Å². The van der Waals surface area contributed by atoms with E-state index in [4.69, 9.17) is 0 Å². The van der Waals surface area contributed by atoms with Crippen LogP contribution in [0, 0.1) is 41.5 Å². The summed E-state index contributed by atoms with van der Waals surface area (Å²) in [6.07, 6.45) is 0. The van der Waals surface area contributed by atoms with Crippen LogP contribution in [0.5, 0.6) is 0 Å². The molecule has 1 heteroatoms. The zero-order chi connectivity index (χ0) is 28.4. The second-order valence-corrected chi connectivity index (χ2v) is 12.2. The van der Waals surface area contributed by atoms with Crippen molar-refractivity contribution in [2.75, 3.05) is 0 Å². The van der Waals surface area contributed by atoms with E-state index < -0.39 is 0 Å². The Morgan fingerprint density at radius 1 is 0.390 bits per heavy atom. The summed E-state index contributed by atoms with van der Waals surface area (Å²) >= 11 is 0. The van der Waals surface area contributed by atoms with Gasteiger partial charge in [0.2, 0.25) is 6.71 Å². The molecule has 41 heavy (non-hydrogen) atoms. The van der Waals surface area contributed by atoms with Crippen molar-refractivity contribution < 1.29 is 0 Å². The van der Waals surface area contributed by atoms with Crippen molar-refractivity contribution in [2.24, 2.45) is 0 Å². The molecule has 0 unspecified atom stereocenters. The maximum atomic E-state index is 2.36. The lowest BCUT2D eigenvalue weighted by molar-refractivity contribution is 1.34. The zero-order valence-electron chi connectivity index (χ0n) is 24.9. The first-order valence-corrected chi connectivity index (χ1v) is 14.7. The van der Waals surface area contributed by atoms with Crippen LogP contribution in [0.25, 0.3) is 43.4 Å². The summed E-state index contributed by atoms with van der Waals surface area (Å²) in [4.78, 5) is 0. The fourth-order valence-electron chi connectivity index (χ4n) is 7.56. The molecule has 0 aromatic heterocycles. The molecule has 0 heterocycles. The van der Waals surface area contributed by atoms with Gasteiger partial charge in [0.25, 0.3) is 0 Å². The predicted molar refractivity (Wildman–Crippen MR) is 182 cm³/mol. The van der Waals surface area contributed by atoms with Crippen LogP contribution in [0.15, 0.2) is 103 Å². The van der Waals surface area contributed by atoms with Gasteiger partial charge in [0, 0.05) is 0 Å². The molecule has 0 nitrogen and oxygen atoms in total. The summed E-state index contributed by atoms with van der Waals surface area (Å²) in [5, 5.41) is 7.98. The molecule has 0 saturated carbocycles. The highest BCUT2D eigenvalue weighted by Crippen LogP contribution is 2.37. The van der Waals surface area contributed by atoms with Crippen LogP contribution in [-0.4, -0.2) is 6.71 Å². The largest absolute Gasteiger partial charge is 0.242 e. The Hall–Kier alpha value is -4.36. The Bertz CT molecular complexity index is 1930. The van der Waals surface area contributed by atoms with Crippen LogP contribution in [0.2, 0.25) is 0 Å². The van der Waals surface area contributed by atoms with Gasteiger partial charge in [0.1, 0.15) is 0 Å². The molecular weight excluding hydrogens is 491 g/mol. The quantitative estimate of drug-likeness (QED) is 0.159. The Balaban J connectivity index is 1.38. The monoisotopic (exact) mass is 526 g/mol. The number of benzene rings is 7. The highest BCUT2D eigenvalue weighted by atomic mass is 14.1. The normalized spacial score (nSPS) is 11.7. The van der Waals surface area contributed by atoms with Gasteiger partial charge in [-0.3, -0.25) is 0 Å². The molecule has 7 aromatic carbocycles. The van der Waals surface area contributed by atoms with E-state index in [0.29, 0.717) is 0 Å². The molecule has 0 atom stereocenters. The topological polar surface area (TPSA) is 0 Å². The summed E-state index contributed by atoms with van der Waals surface area (Å²) in [5.74, 6) is 0. The Kier molecular flexibility index (Phi) is 6.01. The van der Waals surface area contributed by atoms with Crippen LogP contribution >= 0.6 is 0 Å². The second kappa shape index (κ2) is 9.63. The minimum absolute atomic E-state index is 0.190. The van der Waals surface area contributed by atoms with Crippen molar-refractivity contribution in [3.05, 3.63) is 137 Å². The minimum Gasteiger partial charge on any atom is -0.0686 e. The number of hydrogen-bond donors (Lipinski definition) is 0. The number of rotatable bonds is 4. The molecule has 0 spiro atoms. The van der Waals surface area contributed by atoms with Crippen molar-refractivity contribution in [1.29, 1.82) is 0 Å². The lowest BCUT2D eigenvalue weighted by atomic mass is 9.34. The highest BCUT2D eigenvalue weighted by molar-refractivity contribution is 6.96. The average Bonchev–Trinajstić information content (AvgIpc) is 2.94. The van der Waals surface area contributed by atoms with Gasteiger partial charge in [-0.25, -0.2) is 0 Å². The molecule has 0 saturated heterocycles. The van der Waals surface area contributed by atoms with E-state index in [2.05, 4.69) is 145 Å². The fourth-order valence-corrected chi connectivity index (χ4v) is 7.56. The van der Waals surface area contributed by atoms with E-state index in [-0.39, 0.29) is 6.71 Å². The molecule has 0 radical (unpaired) electrons. The first-order valence-electron chi connectivity index (χ1n) is 14.7. The molecule has 0 aliphatic heterocycles. The summed E-state index contributed by atoms with van der Waals surface area (Å²) in [5.41, 5.74) is 14.8. The van der Waals surface area contributed by atoms with E-state index in [1.165, 1.54) is 93.2 Å². The number of hydrogen-bond acceptors (Lipinski definition) is 0. The molecule has 0 N–H and O–H groups in total. The highest BCUT2D eigenvalue weighted by Gasteiger charge is 2.28. The third-order valence-corrected chi connectivity index (χ3v) is 9.09. The average molecular weight is 527 g/mol. The summed E-state index contributed by atoms with van der Waals surface area (Å²) in [7, 11) is 0. The van der Waals surface area contributed by atoms with Gasteiger partial charge in [-0.15, -0.1) is 0 Å². The van der Waals surface area contributed by atoms with E-state index in [0.717, 1.165) is 0 Å². The maximum absolute atomic E-state index is 2.36. The van der Waals surface area contributed by atoms with Crippen LogP contribution < -0.4 is 16.4 Å². The molecule has 0 fully saturated rings. The first kappa shape index (κ1) is 25.6. The van der Waals surface area contributed by atoms with Gasteiger partial charge < -0.3 is 0 Å². The van der Waals surface area contributed by atoms with Crippen molar-refractivity contribution >= 4 is 55.4 Å². The van der Waals surface area contributed by atoms with Gasteiger partial charge in [0.05, 0.1) is 0 Å². The third kappa shape index (κ3) is 4.23. The summed E-state index contributed by atoms with van der Waals surface area (Å²) in [6.45, 7) is 13.7. The molecule has 0 amide bonds. The van der Waals surface area contributed by atoms with E-state index in [1.54, 1.807) is 0 Å². The molecule has 0 aliphatic rings. The SMILES string of the molecule is Cc1cc(C)c(B(c2ccc(-c3cc4ccc5cccc6ccc(c3)c4c56)cc2)c2c(C)cc(C)cc2C)c(C)c1. The van der Waals surface area contributed by atoms with Gasteiger partial charge in [-0.2, -0.15) is 0 Å². The third-order valence-electron chi connectivity index (χ3n) is 9.09. The van der Waals surface area contributed by atoms with Crippen molar-refractivity contribution in [2.45, 2.75) is 41.5 Å². The molecule has 0 aliphatic carbocycles. The molecule has 198 valence electrons. The van der Waals surface area contributed by atoms with Crippen LogP contribution in [0.3, 0.4) is 0 Å². The summed E-state index contributed by atoms with van der Waals surface area (Å²) in [6, 6.07) is 39.2. The maximum Gasteiger partial charge on any atom is 0.242 e. The zero-order valence-corrected chi connectivity index (χ0v) is 24.9. The smallest absolute Gasteiger partial charge is 0.0686 e. The fraction of sp³-hybridized carbons (Fsp3) is 0.150. The minimum atomic E-state index is 0.190. The van der Waals surface area contributed by atoms with E-state index >= 15 is 0 Å². The van der Waals surface area contributed by atoms with Gasteiger partial charge >= 0.3 is 0 Å². The molecule has 7 aromatic rings. The first-order chi connectivity index (χ1) is 19.8. The van der Waals surface area contributed by atoms with Crippen LogP contribution in [-0.2, 0) is 0 Å². The lowest BCUT2D eigenvalue weighted by Crippen LogP contribution is -2.55. The molecular formula is C40H35B. The Labute approximate surface area is 244 Å². The Morgan fingerprint density at radius 2 is 0.805 bits per heavy atom. The van der Waals surface area contributed by atoms with Crippen molar-refractivity contribution in [3.63, 3.8) is 0 Å². The van der Waals surface area contributed by atoms with Gasteiger partial charge in [-0.1, -0.05) is 141 Å². The predicted octanol–water partition coefficient (Wildman–Crippen LogP) is 8.62. The summed E-state index contributed by atoms with van der Waals surface area (Å²) < 4.78 is 0. The molecule has 0 bridgehead atoms. The molecule has 7 rings (SSSR count). The standard InChI is InChI=1S/C40H35B/c1-24-18-26(3)39(27(4)19-24)41(40-28(5)20-25(2)21-29(40)6)36-16-14-30(15-17-36)35-22-33-12-10-31-8-7-9-32-11-13-34(23-35)38(33)37(31)32/h7-23H,1-6H3. The van der Waals surface area contributed by atoms with E-state index in [1.807, 2.05) is 0 Å². The van der Waals surface area contributed by atoms with Gasteiger partial charge in [-0.05, 0) is 97.1 Å². The lowest BCUT2D eigenvalue weighted by Gasteiger charge is -2.25. The van der Waals surface area contributed by atoms with Gasteiger partial charge in [0.15, 0.2) is 0 Å². The second-order valence-electron chi connectivity index (χ2n) is 12.2. The van der Waals surface area contributed by atoms with Crippen molar-refractivity contribution in [3.8, 4) is 11.1 Å². The van der Waals surface area contributed by atoms with Crippen LogP contribution in [0.1, 0.15) is 33.4 Å².